The fraction of sp³-hybridized carbons (Fsp3) is 0.333. The third-order valence-corrected chi connectivity index (χ3v) is 8.09. The number of rotatable bonds is 5. The first-order valence-corrected chi connectivity index (χ1v) is 9.60. The lowest BCUT2D eigenvalue weighted by Crippen LogP contribution is -2.13. The van der Waals surface area contributed by atoms with Crippen molar-refractivity contribution in [3.05, 3.63) is 27.8 Å². The quantitative estimate of drug-likeness (QED) is 0.775. The second kappa shape index (κ2) is 5.95. The zero-order valence-electron chi connectivity index (χ0n) is 10.0. The van der Waals surface area contributed by atoms with Gasteiger partial charge in [0.25, 0.3) is 0 Å². The van der Waals surface area contributed by atoms with E-state index in [2.05, 4.69) is 4.98 Å². The molecule has 2 aromatic rings. The number of hydrogen-bond donors (Lipinski definition) is 0. The monoisotopic (exact) mass is 340 g/mol. The molecule has 0 N–H and O–H groups in total. The molecule has 6 nitrogen and oxygen atoms in total. The summed E-state index contributed by atoms with van der Waals surface area (Å²) in [6.07, 6.45) is 1.45. The second-order valence-electron chi connectivity index (χ2n) is 3.34. The van der Waals surface area contributed by atoms with Crippen molar-refractivity contribution in [1.29, 1.82) is 0 Å². The Labute approximate surface area is 123 Å². The van der Waals surface area contributed by atoms with Gasteiger partial charge in [-0.15, -0.1) is 0 Å². The molecule has 0 saturated heterocycles. The molecular weight excluding hydrogens is 331 g/mol. The van der Waals surface area contributed by atoms with Crippen LogP contribution >= 0.6 is 28.7 Å². The molecule has 10 heteroatoms. The average Bonchev–Trinajstić information content (AvgIpc) is 2.70. The molecule has 0 bridgehead atoms. The molecule has 104 valence electrons. The van der Waals surface area contributed by atoms with Crippen molar-refractivity contribution in [2.45, 2.75) is 5.88 Å². The molecule has 2 aromatic heterocycles. The highest BCUT2D eigenvalue weighted by Crippen LogP contribution is 2.60. The second-order valence-corrected chi connectivity index (χ2v) is 10.3. The molecule has 0 aliphatic carbocycles. The van der Waals surface area contributed by atoms with Gasteiger partial charge in [-0.1, -0.05) is 11.6 Å². The first-order chi connectivity index (χ1) is 8.99. The molecular formula is C9H10ClN2O4PS2. The van der Waals surface area contributed by atoms with E-state index in [1.807, 2.05) is 0 Å². The third-order valence-electron chi connectivity index (χ3n) is 2.27. The molecule has 0 aliphatic heterocycles. The summed E-state index contributed by atoms with van der Waals surface area (Å²) in [5.41, 5.74) is -1.69. The van der Waals surface area contributed by atoms with E-state index in [0.29, 0.717) is 16.3 Å². The van der Waals surface area contributed by atoms with E-state index < -0.39 is 11.4 Å². The largest absolute Gasteiger partial charge is 0.421 e. The van der Waals surface area contributed by atoms with Gasteiger partial charge in [0.1, 0.15) is 0 Å². The Morgan fingerprint density at radius 2 is 2.26 bits per heavy atom. The molecule has 0 amide bonds. The van der Waals surface area contributed by atoms with Gasteiger partial charge in [-0.3, -0.25) is 0 Å². The molecule has 0 saturated carbocycles. The minimum absolute atomic E-state index is 0.236. The number of aromatic nitrogens is 2. The van der Waals surface area contributed by atoms with E-state index in [4.69, 9.17) is 36.9 Å². The fourth-order valence-corrected chi connectivity index (χ4v) is 4.17. The Bertz CT molecular complexity index is 693. The van der Waals surface area contributed by atoms with Crippen molar-refractivity contribution in [2.24, 2.45) is 0 Å². The van der Waals surface area contributed by atoms with Gasteiger partial charge in [0.2, 0.25) is 5.69 Å². The third kappa shape index (κ3) is 3.21. The summed E-state index contributed by atoms with van der Waals surface area (Å²) in [7, 11) is 2.96. The molecule has 0 fully saturated rings. The molecule has 0 unspecified atom stereocenters. The number of nitrogens with zero attached hydrogens (tertiary/aromatic N) is 2. The van der Waals surface area contributed by atoms with Gasteiger partial charge in [-0.2, -0.15) is 0 Å². The van der Waals surface area contributed by atoms with Gasteiger partial charge in [-0.25, -0.2) is 14.3 Å². The summed E-state index contributed by atoms with van der Waals surface area (Å²) >= 11 is 12.2. The summed E-state index contributed by atoms with van der Waals surface area (Å²) in [6.45, 7) is 0. The van der Waals surface area contributed by atoms with Crippen LogP contribution in [0.5, 0.6) is 0 Å². The van der Waals surface area contributed by atoms with Crippen LogP contribution in [0.25, 0.3) is 11.2 Å². The lowest BCUT2D eigenvalue weighted by molar-refractivity contribution is 0.354. The van der Waals surface area contributed by atoms with E-state index in [-0.39, 0.29) is 5.88 Å². The number of oxazole rings is 1. The van der Waals surface area contributed by atoms with Crippen LogP contribution in [0.4, 0.5) is 0 Å². The Morgan fingerprint density at radius 3 is 2.89 bits per heavy atom. The number of pyridine rings is 1. The van der Waals surface area contributed by atoms with Crippen molar-refractivity contribution in [3.63, 3.8) is 0 Å². The molecule has 0 aliphatic rings. The van der Waals surface area contributed by atoms with Gasteiger partial charge in [0.15, 0.2) is 11.2 Å². The zero-order chi connectivity index (χ0) is 14.0. The fourth-order valence-electron chi connectivity index (χ4n) is 1.35. The van der Waals surface area contributed by atoms with Crippen LogP contribution in [0.2, 0.25) is 5.02 Å². The maximum absolute atomic E-state index is 11.7. The van der Waals surface area contributed by atoms with Crippen molar-refractivity contribution < 1.29 is 13.5 Å². The lowest BCUT2D eigenvalue weighted by Gasteiger charge is -2.16. The van der Waals surface area contributed by atoms with Gasteiger partial charge < -0.3 is 13.5 Å². The van der Waals surface area contributed by atoms with E-state index >= 15 is 0 Å². The normalized spacial score (nSPS) is 12.2. The van der Waals surface area contributed by atoms with Crippen molar-refractivity contribution in [1.82, 2.24) is 9.55 Å². The van der Waals surface area contributed by atoms with E-state index in [9.17, 15) is 4.79 Å². The Hall–Kier alpha value is -0.370. The Balaban J connectivity index is 2.33. The summed E-state index contributed by atoms with van der Waals surface area (Å²) in [5.74, 6) is -0.287. The SMILES string of the molecule is COP(=S)(OC)SCn1c(=O)oc2cc(Cl)cnc21. The zero-order valence-corrected chi connectivity index (χ0v) is 13.3. The number of hydrogen-bond acceptors (Lipinski definition) is 7. The van der Waals surface area contributed by atoms with Crippen LogP contribution in [0.1, 0.15) is 0 Å². The smallest absolute Gasteiger partial charge is 0.406 e. The summed E-state index contributed by atoms with van der Waals surface area (Å²) < 4.78 is 16.7. The Kier molecular flexibility index (Phi) is 4.70. The molecule has 2 heterocycles. The summed E-state index contributed by atoms with van der Waals surface area (Å²) in [6, 6.07) is 1.54. The highest BCUT2D eigenvalue weighted by molar-refractivity contribution is 8.67. The highest BCUT2D eigenvalue weighted by atomic mass is 35.5. The lowest BCUT2D eigenvalue weighted by atomic mass is 10.4. The molecule has 19 heavy (non-hydrogen) atoms. The van der Waals surface area contributed by atoms with Crippen LogP contribution in [0, 0.1) is 0 Å². The number of fused-ring (bicyclic) bond motifs is 1. The maximum atomic E-state index is 11.7. The van der Waals surface area contributed by atoms with Crippen LogP contribution in [-0.4, -0.2) is 23.8 Å². The summed E-state index contributed by atoms with van der Waals surface area (Å²) in [4.78, 5) is 15.8. The van der Waals surface area contributed by atoms with Gasteiger partial charge in [0, 0.05) is 26.5 Å². The van der Waals surface area contributed by atoms with Gasteiger partial charge >= 0.3 is 5.76 Å². The maximum Gasteiger partial charge on any atom is 0.421 e. The Morgan fingerprint density at radius 1 is 1.58 bits per heavy atom. The predicted molar refractivity (Wildman–Crippen MR) is 79.2 cm³/mol. The van der Waals surface area contributed by atoms with Crippen LogP contribution in [0.15, 0.2) is 21.5 Å². The van der Waals surface area contributed by atoms with Gasteiger partial charge in [-0.05, 0) is 23.2 Å². The number of halogens is 1. The molecule has 0 radical (unpaired) electrons. The summed E-state index contributed by atoms with van der Waals surface area (Å²) in [5, 5.41) is 0.403. The van der Waals surface area contributed by atoms with Crippen molar-refractivity contribution in [2.75, 3.05) is 14.2 Å². The minimum atomic E-state index is -2.43. The molecule has 2 rings (SSSR count). The van der Waals surface area contributed by atoms with Crippen LogP contribution < -0.4 is 5.76 Å². The standard InChI is InChI=1S/C9H10ClN2O4PS2/c1-14-17(18,15-2)19-5-12-8-7(16-9(12)13)3-6(10)4-11-8/h3-4H,5H2,1-2H3. The molecule has 0 aromatic carbocycles. The molecule has 0 spiro atoms. The highest BCUT2D eigenvalue weighted by Gasteiger charge is 2.19. The van der Waals surface area contributed by atoms with Crippen LogP contribution in [-0.2, 0) is 26.7 Å². The average molecular weight is 341 g/mol. The van der Waals surface area contributed by atoms with Gasteiger partial charge in [0.05, 0.1) is 10.9 Å². The first-order valence-electron chi connectivity index (χ1n) is 5.00. The topological polar surface area (TPSA) is 66.5 Å². The van der Waals surface area contributed by atoms with E-state index in [0.717, 1.165) is 0 Å². The minimum Gasteiger partial charge on any atom is -0.406 e. The van der Waals surface area contributed by atoms with Crippen molar-refractivity contribution >= 4 is 51.7 Å². The molecule has 0 atom stereocenters. The van der Waals surface area contributed by atoms with E-state index in [1.165, 1.54) is 42.4 Å². The first kappa shape index (κ1) is 15.0. The van der Waals surface area contributed by atoms with Crippen molar-refractivity contribution in [3.8, 4) is 0 Å². The van der Waals surface area contributed by atoms with E-state index in [1.54, 1.807) is 0 Å². The van der Waals surface area contributed by atoms with Crippen LogP contribution in [0.3, 0.4) is 0 Å². The predicted octanol–water partition coefficient (Wildman–Crippen LogP) is 2.85.